The predicted octanol–water partition coefficient (Wildman–Crippen LogP) is 3.87. The minimum absolute atomic E-state index is 0.0191. The number of para-hydroxylation sites is 1. The number of rotatable bonds is 6. The van der Waals surface area contributed by atoms with Crippen molar-refractivity contribution in [2.24, 2.45) is 0 Å². The molecule has 3 aromatic rings. The van der Waals surface area contributed by atoms with E-state index < -0.39 is 10.9 Å². The quantitative estimate of drug-likeness (QED) is 0.364. The first-order chi connectivity index (χ1) is 15.1. The van der Waals surface area contributed by atoms with E-state index in [1.165, 1.54) is 11.9 Å². The summed E-state index contributed by atoms with van der Waals surface area (Å²) in [6.07, 6.45) is 2.06. The lowest BCUT2D eigenvalue weighted by molar-refractivity contribution is -0.383. The molecule has 0 aliphatic carbocycles. The fourth-order valence-electron chi connectivity index (χ4n) is 3.64. The molecule has 158 valence electrons. The summed E-state index contributed by atoms with van der Waals surface area (Å²) < 4.78 is 5.08. The average Bonchev–Trinajstić information content (AvgIpc) is 2.79. The number of esters is 1. The number of benzene rings is 2. The van der Waals surface area contributed by atoms with Gasteiger partial charge in [-0.05, 0) is 36.6 Å². The molecule has 0 atom stereocenters. The van der Waals surface area contributed by atoms with E-state index in [0.717, 1.165) is 12.0 Å². The molecule has 2 aromatic carbocycles. The van der Waals surface area contributed by atoms with Gasteiger partial charge in [-0.15, -0.1) is 0 Å². The van der Waals surface area contributed by atoms with Crippen LogP contribution in [0.15, 0.2) is 54.9 Å². The first-order valence-electron chi connectivity index (χ1n) is 9.92. The minimum Gasteiger partial charge on any atom is -0.462 e. The molecule has 0 unspecified atom stereocenters. The van der Waals surface area contributed by atoms with Crippen molar-refractivity contribution in [3.8, 4) is 0 Å². The molecule has 1 N–H and O–H groups in total. The summed E-state index contributed by atoms with van der Waals surface area (Å²) >= 11 is 0. The number of hydrogen-bond acceptors (Lipinski definition) is 8. The highest BCUT2D eigenvalue weighted by molar-refractivity contribution is 5.96. The van der Waals surface area contributed by atoms with E-state index in [1.807, 2.05) is 23.1 Å². The van der Waals surface area contributed by atoms with Crippen LogP contribution < -0.4 is 10.2 Å². The van der Waals surface area contributed by atoms with Crippen LogP contribution in [0.5, 0.6) is 0 Å². The molecule has 9 heteroatoms. The summed E-state index contributed by atoms with van der Waals surface area (Å²) in [4.78, 5) is 34.0. The van der Waals surface area contributed by atoms with Crippen LogP contribution in [0.3, 0.4) is 0 Å². The number of anilines is 3. The number of nitrogens with one attached hydrogen (secondary N) is 1. The van der Waals surface area contributed by atoms with E-state index in [2.05, 4.69) is 21.4 Å². The Bertz CT molecular complexity index is 1130. The highest BCUT2D eigenvalue weighted by atomic mass is 16.6. The van der Waals surface area contributed by atoms with Gasteiger partial charge in [0.1, 0.15) is 6.33 Å². The van der Waals surface area contributed by atoms with Gasteiger partial charge in [-0.2, -0.15) is 0 Å². The molecule has 4 rings (SSSR count). The van der Waals surface area contributed by atoms with Gasteiger partial charge in [-0.1, -0.05) is 36.4 Å². The normalized spacial score (nSPS) is 12.7. The van der Waals surface area contributed by atoms with Crippen LogP contribution >= 0.6 is 0 Å². The van der Waals surface area contributed by atoms with Crippen LogP contribution in [0, 0.1) is 10.1 Å². The molecule has 0 spiro atoms. The third-order valence-electron chi connectivity index (χ3n) is 5.09. The summed E-state index contributed by atoms with van der Waals surface area (Å²) in [5.74, 6) is -0.258. The SMILES string of the molecule is CCOC(=O)c1ccccc1Nc1ncnc(N2CCc3ccccc3C2)c1[N+](=O)[O-]. The van der Waals surface area contributed by atoms with Crippen LogP contribution in [0.4, 0.5) is 23.0 Å². The van der Waals surface area contributed by atoms with Crippen molar-refractivity contribution in [1.29, 1.82) is 0 Å². The van der Waals surface area contributed by atoms with E-state index in [9.17, 15) is 14.9 Å². The highest BCUT2D eigenvalue weighted by Crippen LogP contribution is 2.36. The molecule has 0 saturated carbocycles. The summed E-state index contributed by atoms with van der Waals surface area (Å²) in [5, 5.41) is 14.9. The smallest absolute Gasteiger partial charge is 0.353 e. The summed E-state index contributed by atoms with van der Waals surface area (Å²) in [7, 11) is 0. The molecule has 1 aliphatic heterocycles. The molecule has 1 aromatic heterocycles. The Morgan fingerprint density at radius 1 is 1.16 bits per heavy atom. The van der Waals surface area contributed by atoms with Gasteiger partial charge < -0.3 is 15.0 Å². The Balaban J connectivity index is 1.70. The maximum atomic E-state index is 12.3. The van der Waals surface area contributed by atoms with Crippen molar-refractivity contribution in [3.05, 3.63) is 81.7 Å². The number of hydrogen-bond donors (Lipinski definition) is 1. The van der Waals surface area contributed by atoms with Gasteiger partial charge in [0.25, 0.3) is 0 Å². The molecule has 0 saturated heterocycles. The maximum absolute atomic E-state index is 12.3. The molecular formula is C22H21N5O4. The molecule has 1 aliphatic rings. The van der Waals surface area contributed by atoms with Crippen molar-refractivity contribution >= 4 is 29.0 Å². The Kier molecular flexibility index (Phi) is 5.74. The lowest BCUT2D eigenvalue weighted by Gasteiger charge is -2.29. The highest BCUT2D eigenvalue weighted by Gasteiger charge is 2.29. The second-order valence-electron chi connectivity index (χ2n) is 6.98. The standard InChI is InChI=1S/C22H21N5O4/c1-2-31-22(28)17-9-5-6-10-18(17)25-20-19(27(29)30)21(24-14-23-20)26-12-11-15-7-3-4-8-16(15)13-26/h3-10,14H,2,11-13H2,1H3,(H,23,24,25). The first kappa shape index (κ1) is 20.3. The molecule has 2 heterocycles. The van der Waals surface area contributed by atoms with Crippen LogP contribution in [0.1, 0.15) is 28.4 Å². The van der Waals surface area contributed by atoms with E-state index in [4.69, 9.17) is 4.74 Å². The van der Waals surface area contributed by atoms with Crippen molar-refractivity contribution in [2.45, 2.75) is 19.9 Å². The second-order valence-corrected chi connectivity index (χ2v) is 6.98. The van der Waals surface area contributed by atoms with Crippen molar-refractivity contribution in [3.63, 3.8) is 0 Å². The summed E-state index contributed by atoms with van der Waals surface area (Å²) in [6, 6.07) is 14.7. The molecule has 31 heavy (non-hydrogen) atoms. The maximum Gasteiger partial charge on any atom is 0.353 e. The molecule has 0 radical (unpaired) electrons. The second kappa shape index (κ2) is 8.78. The predicted molar refractivity (Wildman–Crippen MR) is 116 cm³/mol. The largest absolute Gasteiger partial charge is 0.462 e. The lowest BCUT2D eigenvalue weighted by Crippen LogP contribution is -2.31. The summed E-state index contributed by atoms with van der Waals surface area (Å²) in [5.41, 5.74) is 2.75. The fourth-order valence-corrected chi connectivity index (χ4v) is 3.64. The molecule has 0 amide bonds. The van der Waals surface area contributed by atoms with Gasteiger partial charge in [0.05, 0.1) is 22.8 Å². The Morgan fingerprint density at radius 2 is 1.90 bits per heavy atom. The van der Waals surface area contributed by atoms with E-state index in [0.29, 0.717) is 18.8 Å². The van der Waals surface area contributed by atoms with E-state index in [1.54, 1.807) is 31.2 Å². The summed E-state index contributed by atoms with van der Waals surface area (Å²) in [6.45, 7) is 3.06. The van der Waals surface area contributed by atoms with E-state index >= 15 is 0 Å². The minimum atomic E-state index is -0.518. The lowest BCUT2D eigenvalue weighted by atomic mass is 10.00. The average molecular weight is 419 g/mol. The monoisotopic (exact) mass is 419 g/mol. The van der Waals surface area contributed by atoms with Crippen LogP contribution in [0.25, 0.3) is 0 Å². The number of carbonyl (C=O) groups excluding carboxylic acids is 1. The third-order valence-corrected chi connectivity index (χ3v) is 5.09. The van der Waals surface area contributed by atoms with Gasteiger partial charge in [-0.3, -0.25) is 10.1 Å². The van der Waals surface area contributed by atoms with Gasteiger partial charge >= 0.3 is 11.7 Å². The van der Waals surface area contributed by atoms with Gasteiger partial charge in [0, 0.05) is 13.1 Å². The number of carbonyl (C=O) groups is 1. The van der Waals surface area contributed by atoms with Crippen LogP contribution in [0.2, 0.25) is 0 Å². The van der Waals surface area contributed by atoms with Crippen molar-refractivity contribution in [1.82, 2.24) is 9.97 Å². The Morgan fingerprint density at radius 3 is 2.68 bits per heavy atom. The van der Waals surface area contributed by atoms with Crippen LogP contribution in [-0.4, -0.2) is 34.0 Å². The Labute approximate surface area is 178 Å². The Hall–Kier alpha value is -4.01. The number of fused-ring (bicyclic) bond motifs is 1. The van der Waals surface area contributed by atoms with Gasteiger partial charge in [-0.25, -0.2) is 14.8 Å². The van der Waals surface area contributed by atoms with E-state index in [-0.39, 0.29) is 29.5 Å². The van der Waals surface area contributed by atoms with Crippen molar-refractivity contribution in [2.75, 3.05) is 23.4 Å². The number of ether oxygens (including phenoxy) is 1. The zero-order valence-electron chi connectivity index (χ0n) is 16.9. The third kappa shape index (κ3) is 4.16. The molecular weight excluding hydrogens is 398 g/mol. The van der Waals surface area contributed by atoms with Crippen molar-refractivity contribution < 1.29 is 14.5 Å². The van der Waals surface area contributed by atoms with Gasteiger partial charge in [0.15, 0.2) is 0 Å². The van der Waals surface area contributed by atoms with Crippen LogP contribution in [-0.2, 0) is 17.7 Å². The first-order valence-corrected chi connectivity index (χ1v) is 9.92. The van der Waals surface area contributed by atoms with Gasteiger partial charge in [0.2, 0.25) is 11.6 Å². The molecule has 0 fully saturated rings. The fraction of sp³-hybridized carbons (Fsp3) is 0.227. The molecule has 0 bridgehead atoms. The number of nitrogens with zero attached hydrogens (tertiary/aromatic N) is 4. The topological polar surface area (TPSA) is 110 Å². The number of nitro groups is 1. The molecule has 9 nitrogen and oxygen atoms in total. The number of aromatic nitrogens is 2. The zero-order chi connectivity index (χ0) is 21.8. The zero-order valence-corrected chi connectivity index (χ0v) is 16.9.